The molecule has 2 nitrogen and oxygen atoms in total. The molecule has 0 aliphatic heterocycles. The topological polar surface area (TPSA) is 32.3 Å². The highest BCUT2D eigenvalue weighted by molar-refractivity contribution is 8.00. The van der Waals surface area contributed by atoms with Crippen molar-refractivity contribution >= 4 is 11.8 Å². The van der Waals surface area contributed by atoms with E-state index in [0.717, 1.165) is 18.5 Å². The van der Waals surface area contributed by atoms with Crippen LogP contribution in [0.15, 0.2) is 12.1 Å². The van der Waals surface area contributed by atoms with Crippen LogP contribution in [0.2, 0.25) is 0 Å². The van der Waals surface area contributed by atoms with Gasteiger partial charge < -0.3 is 10.4 Å². The Hall–Kier alpha value is -0.670. The molecule has 21 heavy (non-hydrogen) atoms. The maximum absolute atomic E-state index is 10.3. The third-order valence-electron chi connectivity index (χ3n) is 5.31. The van der Waals surface area contributed by atoms with Gasteiger partial charge in [0.1, 0.15) is 5.75 Å². The fraction of sp³-hybridized carbons (Fsp3) is 0.667. The third kappa shape index (κ3) is 3.09. The Bertz CT molecular complexity index is 488. The number of rotatable bonds is 6. The van der Waals surface area contributed by atoms with Crippen LogP contribution in [-0.2, 0) is 0 Å². The number of hydrogen-bond donors (Lipinski definition) is 2. The summed E-state index contributed by atoms with van der Waals surface area (Å²) >= 11 is 1.97. The molecule has 1 aliphatic carbocycles. The number of phenols is 1. The molecule has 118 valence electrons. The van der Waals surface area contributed by atoms with Crippen LogP contribution in [0.5, 0.6) is 5.75 Å². The first-order valence-corrected chi connectivity index (χ1v) is 9.31. The van der Waals surface area contributed by atoms with Crippen molar-refractivity contribution in [3.63, 3.8) is 0 Å². The van der Waals surface area contributed by atoms with E-state index >= 15 is 0 Å². The average molecular weight is 308 g/mol. The van der Waals surface area contributed by atoms with Gasteiger partial charge in [0.2, 0.25) is 0 Å². The van der Waals surface area contributed by atoms with E-state index in [4.69, 9.17) is 0 Å². The molecule has 0 heterocycles. The Morgan fingerprint density at radius 3 is 2.52 bits per heavy atom. The molecule has 1 aromatic carbocycles. The molecule has 2 N–H and O–H groups in total. The van der Waals surface area contributed by atoms with Crippen molar-refractivity contribution in [1.82, 2.24) is 5.32 Å². The summed E-state index contributed by atoms with van der Waals surface area (Å²) in [5, 5.41) is 14.0. The van der Waals surface area contributed by atoms with Crippen molar-refractivity contribution in [3.05, 3.63) is 28.8 Å². The van der Waals surface area contributed by atoms with Crippen LogP contribution in [0.4, 0.5) is 0 Å². The smallest absolute Gasteiger partial charge is 0.120 e. The van der Waals surface area contributed by atoms with Crippen molar-refractivity contribution in [2.75, 3.05) is 12.8 Å². The molecule has 0 aromatic heterocycles. The summed E-state index contributed by atoms with van der Waals surface area (Å²) in [4.78, 5) is 0. The summed E-state index contributed by atoms with van der Waals surface area (Å²) in [6, 6.07) is 4.18. The second-order valence-electron chi connectivity index (χ2n) is 6.39. The van der Waals surface area contributed by atoms with Crippen LogP contribution in [0, 0.1) is 6.92 Å². The molecule has 1 aliphatic rings. The lowest BCUT2D eigenvalue weighted by Crippen LogP contribution is -2.38. The first-order chi connectivity index (χ1) is 9.98. The summed E-state index contributed by atoms with van der Waals surface area (Å²) in [6.07, 6.45) is 5.65. The highest BCUT2D eigenvalue weighted by Crippen LogP contribution is 2.46. The Labute approximate surface area is 133 Å². The zero-order valence-corrected chi connectivity index (χ0v) is 14.8. The zero-order valence-electron chi connectivity index (χ0n) is 14.0. The Morgan fingerprint density at radius 2 is 1.95 bits per heavy atom. The number of phenolic OH excluding ortho intramolecular Hbond substituents is 1. The number of hydrogen-bond acceptors (Lipinski definition) is 3. The first kappa shape index (κ1) is 16.7. The lowest BCUT2D eigenvalue weighted by Gasteiger charge is -2.31. The molecular weight excluding hydrogens is 278 g/mol. The normalized spacial score (nSPS) is 21.6. The standard InChI is InChI=1S/C18H29NOS/c1-6-18(7-2,21-5)11-19-14-10-13(4)16-12(3)8-9-15(20)17(14)16/h8-9,13-14,19-20H,6-7,10-11H2,1-5H3. The second-order valence-corrected chi connectivity index (χ2v) is 7.67. The number of thioether (sulfide) groups is 1. The summed E-state index contributed by atoms with van der Waals surface area (Å²) < 4.78 is 0.311. The molecule has 0 amide bonds. The molecule has 0 radical (unpaired) electrons. The van der Waals surface area contributed by atoms with Crippen LogP contribution >= 0.6 is 11.8 Å². The Balaban J connectivity index is 2.20. The predicted molar refractivity (Wildman–Crippen MR) is 93.4 cm³/mol. The molecule has 2 unspecified atom stereocenters. The number of aromatic hydroxyl groups is 1. The van der Waals surface area contributed by atoms with Gasteiger partial charge in [0.25, 0.3) is 0 Å². The number of fused-ring (bicyclic) bond motifs is 1. The van der Waals surface area contributed by atoms with Gasteiger partial charge in [0.05, 0.1) is 0 Å². The van der Waals surface area contributed by atoms with Crippen LogP contribution in [0.3, 0.4) is 0 Å². The van der Waals surface area contributed by atoms with Crippen molar-refractivity contribution in [3.8, 4) is 5.75 Å². The Kier molecular flexibility index (Phi) is 5.26. The molecule has 0 saturated heterocycles. The van der Waals surface area contributed by atoms with E-state index in [2.05, 4.69) is 39.3 Å². The van der Waals surface area contributed by atoms with Gasteiger partial charge in [-0.3, -0.25) is 0 Å². The molecule has 0 saturated carbocycles. The number of benzene rings is 1. The number of nitrogens with one attached hydrogen (secondary N) is 1. The first-order valence-electron chi connectivity index (χ1n) is 8.08. The van der Waals surface area contributed by atoms with Crippen molar-refractivity contribution in [2.24, 2.45) is 0 Å². The molecule has 0 fully saturated rings. The minimum atomic E-state index is 0.291. The van der Waals surface area contributed by atoms with Crippen LogP contribution in [0.1, 0.15) is 68.7 Å². The predicted octanol–water partition coefficient (Wildman–Crippen LogP) is 4.76. The van der Waals surface area contributed by atoms with Crippen LogP contribution in [-0.4, -0.2) is 22.7 Å². The summed E-state index contributed by atoms with van der Waals surface area (Å²) in [5.41, 5.74) is 3.81. The van der Waals surface area contributed by atoms with Gasteiger partial charge in [0, 0.05) is 22.9 Å². The van der Waals surface area contributed by atoms with E-state index < -0.39 is 0 Å². The SMILES string of the molecule is CCC(CC)(CNC1CC(C)c2c(C)ccc(O)c21)SC. The highest BCUT2D eigenvalue weighted by Gasteiger charge is 2.34. The fourth-order valence-electron chi connectivity index (χ4n) is 3.70. The van der Waals surface area contributed by atoms with Crippen molar-refractivity contribution in [2.45, 2.75) is 63.7 Å². The monoisotopic (exact) mass is 307 g/mol. The van der Waals surface area contributed by atoms with Gasteiger partial charge in [-0.1, -0.05) is 26.8 Å². The van der Waals surface area contributed by atoms with Gasteiger partial charge in [-0.2, -0.15) is 11.8 Å². The molecule has 1 aromatic rings. The highest BCUT2D eigenvalue weighted by atomic mass is 32.2. The molecule has 2 atom stereocenters. The van der Waals surface area contributed by atoms with Crippen molar-refractivity contribution in [1.29, 1.82) is 0 Å². The minimum absolute atomic E-state index is 0.291. The van der Waals surface area contributed by atoms with Gasteiger partial charge in [-0.25, -0.2) is 0 Å². The van der Waals surface area contributed by atoms with E-state index in [-0.39, 0.29) is 0 Å². The largest absolute Gasteiger partial charge is 0.508 e. The fourth-order valence-corrected chi connectivity index (χ4v) is 4.50. The van der Waals surface area contributed by atoms with E-state index in [9.17, 15) is 5.11 Å². The molecule has 0 spiro atoms. The minimum Gasteiger partial charge on any atom is -0.508 e. The van der Waals surface area contributed by atoms with E-state index in [1.54, 1.807) is 0 Å². The quantitative estimate of drug-likeness (QED) is 0.794. The van der Waals surface area contributed by atoms with E-state index in [1.807, 2.05) is 23.9 Å². The van der Waals surface area contributed by atoms with E-state index in [0.29, 0.717) is 22.5 Å². The van der Waals surface area contributed by atoms with Gasteiger partial charge in [-0.15, -0.1) is 0 Å². The van der Waals surface area contributed by atoms with Crippen LogP contribution in [0.25, 0.3) is 0 Å². The average Bonchev–Trinajstić information content (AvgIpc) is 2.83. The lowest BCUT2D eigenvalue weighted by atomic mass is 9.97. The zero-order chi connectivity index (χ0) is 15.6. The van der Waals surface area contributed by atoms with Crippen molar-refractivity contribution < 1.29 is 5.11 Å². The third-order valence-corrected chi connectivity index (χ3v) is 6.89. The summed E-state index contributed by atoms with van der Waals surface area (Å²) in [5.74, 6) is 0.983. The summed E-state index contributed by atoms with van der Waals surface area (Å²) in [7, 11) is 0. The molecule has 0 bridgehead atoms. The van der Waals surface area contributed by atoms with Gasteiger partial charge in [-0.05, 0) is 55.6 Å². The second kappa shape index (κ2) is 6.62. The molecule has 2 rings (SSSR count). The van der Waals surface area contributed by atoms with E-state index in [1.165, 1.54) is 24.0 Å². The summed E-state index contributed by atoms with van der Waals surface area (Å²) in [6.45, 7) is 9.98. The molecule has 3 heteroatoms. The number of aryl methyl sites for hydroxylation is 1. The lowest BCUT2D eigenvalue weighted by molar-refractivity contribution is 0.417. The maximum Gasteiger partial charge on any atom is 0.120 e. The van der Waals surface area contributed by atoms with Crippen LogP contribution < -0.4 is 5.32 Å². The Morgan fingerprint density at radius 1 is 1.29 bits per heavy atom. The molecular formula is C18H29NOS. The van der Waals surface area contributed by atoms with Gasteiger partial charge >= 0.3 is 0 Å². The maximum atomic E-state index is 10.3. The van der Waals surface area contributed by atoms with Gasteiger partial charge in [0.15, 0.2) is 0 Å².